The van der Waals surface area contributed by atoms with Crippen LogP contribution in [0.1, 0.15) is 12.0 Å². The van der Waals surface area contributed by atoms with Crippen molar-refractivity contribution in [3.05, 3.63) is 34.6 Å². The van der Waals surface area contributed by atoms with Gasteiger partial charge in [-0.15, -0.1) is 0 Å². The van der Waals surface area contributed by atoms with Gasteiger partial charge in [0.15, 0.2) is 23.3 Å². The first-order chi connectivity index (χ1) is 8.95. The largest absolute Gasteiger partial charge is 0.316 e. The smallest absolute Gasteiger partial charge is 0.200 e. The van der Waals surface area contributed by atoms with Crippen LogP contribution >= 0.6 is 0 Å². The zero-order chi connectivity index (χ0) is 14.2. The first-order valence-electron chi connectivity index (χ1n) is 5.85. The molecular weight excluding hydrogens is 267 g/mol. The zero-order valence-corrected chi connectivity index (χ0v) is 10.2. The molecule has 2 rings (SSSR count). The van der Waals surface area contributed by atoms with E-state index in [-0.39, 0.29) is 12.6 Å². The highest BCUT2D eigenvalue weighted by atomic mass is 19.2. The van der Waals surface area contributed by atoms with Gasteiger partial charge in [-0.2, -0.15) is 0 Å². The number of hydrogen-bond acceptors (Lipinski definition) is 2. The lowest BCUT2D eigenvalue weighted by Crippen LogP contribution is -2.30. The van der Waals surface area contributed by atoms with Crippen LogP contribution in [0.3, 0.4) is 0 Å². The van der Waals surface area contributed by atoms with Gasteiger partial charge in [-0.3, -0.25) is 4.90 Å². The van der Waals surface area contributed by atoms with Crippen LogP contribution in [0.4, 0.5) is 22.0 Å². The molecule has 0 aliphatic carbocycles. The summed E-state index contributed by atoms with van der Waals surface area (Å²) in [5.74, 6) is -9.39. The topological polar surface area (TPSA) is 15.3 Å². The Morgan fingerprint density at radius 3 is 2.00 bits per heavy atom. The molecule has 0 amide bonds. The normalized spacial score (nSPS) is 20.2. The van der Waals surface area contributed by atoms with Gasteiger partial charge in [0.2, 0.25) is 5.82 Å². The van der Waals surface area contributed by atoms with Crippen LogP contribution in [-0.2, 0) is 6.54 Å². The third-order valence-electron chi connectivity index (χ3n) is 3.36. The number of hydrogen-bond donors (Lipinski definition) is 1. The number of benzene rings is 1. The summed E-state index contributed by atoms with van der Waals surface area (Å²) in [6.07, 6.45) is 0.770. The van der Waals surface area contributed by atoms with Crippen LogP contribution in [0.15, 0.2) is 0 Å². The van der Waals surface area contributed by atoms with E-state index >= 15 is 0 Å². The van der Waals surface area contributed by atoms with Crippen molar-refractivity contribution in [2.75, 3.05) is 20.1 Å². The Bertz CT molecular complexity index is 462. The molecular formula is C12H13F5N2. The third-order valence-corrected chi connectivity index (χ3v) is 3.36. The molecule has 1 aliphatic heterocycles. The molecule has 1 atom stereocenters. The third kappa shape index (κ3) is 2.57. The minimum atomic E-state index is -2.12. The van der Waals surface area contributed by atoms with Gasteiger partial charge in [-0.25, -0.2) is 22.0 Å². The highest BCUT2D eigenvalue weighted by Gasteiger charge is 2.28. The maximum absolute atomic E-state index is 13.5. The molecule has 1 heterocycles. The number of likely N-dealkylation sites (tertiary alicyclic amines) is 1. The summed E-state index contributed by atoms with van der Waals surface area (Å²) in [6.45, 7) is 0.769. The van der Waals surface area contributed by atoms with Gasteiger partial charge in [-0.1, -0.05) is 0 Å². The molecule has 1 aromatic carbocycles. The molecule has 0 bridgehead atoms. The van der Waals surface area contributed by atoms with Crippen LogP contribution in [0, 0.1) is 29.1 Å². The number of nitrogens with one attached hydrogen (secondary N) is 1. The SMILES string of the molecule is CNC1CCN(Cc2c(F)c(F)c(F)c(F)c2F)C1. The van der Waals surface area contributed by atoms with E-state index in [1.54, 1.807) is 11.9 Å². The lowest BCUT2D eigenvalue weighted by molar-refractivity contribution is 0.296. The monoisotopic (exact) mass is 280 g/mol. The maximum atomic E-state index is 13.5. The summed E-state index contributed by atoms with van der Waals surface area (Å²) in [5, 5.41) is 3.00. The van der Waals surface area contributed by atoms with E-state index in [0.717, 1.165) is 6.42 Å². The number of rotatable bonds is 3. The lowest BCUT2D eigenvalue weighted by atomic mass is 10.1. The summed E-state index contributed by atoms with van der Waals surface area (Å²) in [6, 6.07) is 0.168. The second-order valence-electron chi connectivity index (χ2n) is 4.56. The van der Waals surface area contributed by atoms with E-state index < -0.39 is 34.6 Å². The van der Waals surface area contributed by atoms with Crippen molar-refractivity contribution in [3.8, 4) is 0 Å². The summed E-state index contributed by atoms with van der Waals surface area (Å²) in [7, 11) is 1.76. The average molecular weight is 280 g/mol. The Morgan fingerprint density at radius 1 is 1.00 bits per heavy atom. The van der Waals surface area contributed by atoms with E-state index in [1.165, 1.54) is 0 Å². The van der Waals surface area contributed by atoms with Crippen LogP contribution in [0.25, 0.3) is 0 Å². The molecule has 0 saturated carbocycles. The van der Waals surface area contributed by atoms with E-state index in [4.69, 9.17) is 0 Å². The molecule has 0 radical (unpaired) electrons. The van der Waals surface area contributed by atoms with Crippen molar-refractivity contribution in [2.45, 2.75) is 19.0 Å². The molecule has 1 unspecified atom stereocenters. The highest BCUT2D eigenvalue weighted by molar-refractivity contribution is 5.24. The minimum absolute atomic E-state index is 0.168. The van der Waals surface area contributed by atoms with Gasteiger partial charge < -0.3 is 5.32 Å². The molecule has 19 heavy (non-hydrogen) atoms. The van der Waals surface area contributed by atoms with Crippen LogP contribution < -0.4 is 5.32 Å². The van der Waals surface area contributed by atoms with Crippen LogP contribution in [-0.4, -0.2) is 31.1 Å². The van der Waals surface area contributed by atoms with Crippen LogP contribution in [0.2, 0.25) is 0 Å². The highest BCUT2D eigenvalue weighted by Crippen LogP contribution is 2.25. The van der Waals surface area contributed by atoms with Crippen molar-refractivity contribution in [2.24, 2.45) is 0 Å². The maximum Gasteiger partial charge on any atom is 0.200 e. The molecule has 1 N–H and O–H groups in total. The average Bonchev–Trinajstić information content (AvgIpc) is 2.87. The number of halogens is 5. The van der Waals surface area contributed by atoms with E-state index in [0.29, 0.717) is 13.1 Å². The van der Waals surface area contributed by atoms with Gasteiger partial charge in [-0.05, 0) is 13.5 Å². The predicted octanol–water partition coefficient (Wildman–Crippen LogP) is 2.18. The predicted molar refractivity (Wildman–Crippen MR) is 59.0 cm³/mol. The first kappa shape index (κ1) is 14.2. The van der Waals surface area contributed by atoms with E-state index in [2.05, 4.69) is 5.32 Å². The molecule has 0 aromatic heterocycles. The standard InChI is InChI=1S/C12H13F5N2/c1-18-6-2-3-19(4-6)5-7-8(13)10(15)12(17)11(16)9(7)14/h6,18H,2-5H2,1H3. The van der Waals surface area contributed by atoms with Crippen molar-refractivity contribution in [1.82, 2.24) is 10.2 Å². The summed E-state index contributed by atoms with van der Waals surface area (Å²) >= 11 is 0. The van der Waals surface area contributed by atoms with Gasteiger partial charge in [0.05, 0.1) is 0 Å². The Morgan fingerprint density at radius 2 is 1.53 bits per heavy atom. The quantitative estimate of drug-likeness (QED) is 0.518. The molecule has 1 aromatic rings. The first-order valence-corrected chi connectivity index (χ1v) is 5.85. The van der Waals surface area contributed by atoms with E-state index in [1.807, 2.05) is 0 Å². The van der Waals surface area contributed by atoms with Crippen molar-refractivity contribution in [1.29, 1.82) is 0 Å². The number of nitrogens with zero attached hydrogens (tertiary/aromatic N) is 1. The van der Waals surface area contributed by atoms with Crippen molar-refractivity contribution >= 4 is 0 Å². The summed E-state index contributed by atoms with van der Waals surface area (Å²) in [5.41, 5.74) is -0.770. The molecule has 106 valence electrons. The molecule has 2 nitrogen and oxygen atoms in total. The summed E-state index contributed by atoms with van der Waals surface area (Å²) in [4.78, 5) is 1.65. The second-order valence-corrected chi connectivity index (χ2v) is 4.56. The second kappa shape index (κ2) is 5.42. The van der Waals surface area contributed by atoms with E-state index in [9.17, 15) is 22.0 Å². The van der Waals surface area contributed by atoms with Gasteiger partial charge in [0.1, 0.15) is 0 Å². The fourth-order valence-corrected chi connectivity index (χ4v) is 2.22. The van der Waals surface area contributed by atoms with Gasteiger partial charge >= 0.3 is 0 Å². The lowest BCUT2D eigenvalue weighted by Gasteiger charge is -2.17. The Kier molecular flexibility index (Phi) is 4.05. The molecule has 7 heteroatoms. The molecule has 0 spiro atoms. The summed E-state index contributed by atoms with van der Waals surface area (Å²) < 4.78 is 65.9. The van der Waals surface area contributed by atoms with Gasteiger partial charge in [0.25, 0.3) is 0 Å². The fourth-order valence-electron chi connectivity index (χ4n) is 2.22. The van der Waals surface area contributed by atoms with Crippen molar-refractivity contribution in [3.63, 3.8) is 0 Å². The fraction of sp³-hybridized carbons (Fsp3) is 0.500. The Balaban J connectivity index is 2.26. The molecule has 1 fully saturated rings. The minimum Gasteiger partial charge on any atom is -0.316 e. The Hall–Kier alpha value is -1.21. The zero-order valence-electron chi connectivity index (χ0n) is 10.2. The van der Waals surface area contributed by atoms with Gasteiger partial charge in [0, 0.05) is 31.2 Å². The number of likely N-dealkylation sites (N-methyl/N-ethyl adjacent to an activating group) is 1. The van der Waals surface area contributed by atoms with Crippen LogP contribution in [0.5, 0.6) is 0 Å². The molecule has 1 aliphatic rings. The Labute approximate surface area is 107 Å². The molecule has 1 saturated heterocycles. The van der Waals surface area contributed by atoms with Crippen molar-refractivity contribution < 1.29 is 22.0 Å².